The maximum Gasteiger partial charge on any atom is 0.271 e. The Balaban J connectivity index is 2.00. The first-order chi connectivity index (χ1) is 16.3. The molecule has 2 aromatic rings. The molecule has 3 rings (SSSR count). The molecular weight excluding hydrogens is 446 g/mol. The van der Waals surface area contributed by atoms with Gasteiger partial charge in [-0.3, -0.25) is 14.6 Å². The molecule has 0 bridgehead atoms. The SMILES string of the molecule is C=C/C=c1\c(=C)c(N2CCN(C(=O)/C(S)=C/C(=C)C)CC2)c(C#N)c(=O)n1Cc1ccncc1. The molecule has 1 amide bonds. The second kappa shape index (κ2) is 10.9. The van der Waals surface area contributed by atoms with Crippen molar-refractivity contribution in [2.75, 3.05) is 31.1 Å². The standard InChI is InChI=1S/C26H27N5O2S/c1-5-6-22-19(4)24(21(16-27)25(32)31(22)17-20-7-9-28-10-8-20)29-11-13-30(14-12-29)26(33)23(34)15-18(2)3/h5-10,15,34H,1-2,4,11-14,17H2,3H3/b22-6+,23-15-. The molecular formula is C26H27N5O2S. The number of allylic oxidation sites excluding steroid dienone is 3. The monoisotopic (exact) mass is 473 g/mol. The number of piperazine rings is 1. The lowest BCUT2D eigenvalue weighted by molar-refractivity contribution is -0.126. The zero-order valence-electron chi connectivity index (χ0n) is 19.2. The molecule has 8 heteroatoms. The van der Waals surface area contributed by atoms with Crippen LogP contribution in [0.2, 0.25) is 0 Å². The summed E-state index contributed by atoms with van der Waals surface area (Å²) in [6, 6.07) is 5.73. The van der Waals surface area contributed by atoms with Crippen molar-refractivity contribution in [3.63, 3.8) is 0 Å². The van der Waals surface area contributed by atoms with Crippen molar-refractivity contribution >= 4 is 36.9 Å². The van der Waals surface area contributed by atoms with E-state index in [0.29, 0.717) is 47.3 Å². The number of rotatable bonds is 6. The van der Waals surface area contributed by atoms with Crippen molar-refractivity contribution in [2.24, 2.45) is 0 Å². The lowest BCUT2D eigenvalue weighted by atomic mass is 10.1. The number of nitriles is 1. The van der Waals surface area contributed by atoms with Crippen molar-refractivity contribution in [3.8, 4) is 6.07 Å². The second-order valence-corrected chi connectivity index (χ2v) is 8.49. The third kappa shape index (κ3) is 5.21. The number of anilines is 1. The van der Waals surface area contributed by atoms with Crippen LogP contribution in [0.1, 0.15) is 18.1 Å². The smallest absolute Gasteiger partial charge is 0.271 e. The molecule has 34 heavy (non-hydrogen) atoms. The molecule has 1 aliphatic heterocycles. The van der Waals surface area contributed by atoms with Crippen LogP contribution in [0.3, 0.4) is 0 Å². The van der Waals surface area contributed by atoms with Crippen molar-refractivity contribution in [1.82, 2.24) is 14.5 Å². The van der Waals surface area contributed by atoms with Gasteiger partial charge in [-0.15, -0.1) is 12.6 Å². The van der Waals surface area contributed by atoms with Gasteiger partial charge < -0.3 is 14.4 Å². The summed E-state index contributed by atoms with van der Waals surface area (Å²) in [5, 5.41) is 11.1. The number of amides is 1. The van der Waals surface area contributed by atoms with Crippen LogP contribution in [-0.4, -0.2) is 46.5 Å². The van der Waals surface area contributed by atoms with Crippen LogP contribution in [0, 0.1) is 11.3 Å². The van der Waals surface area contributed by atoms with E-state index in [1.165, 1.54) is 4.57 Å². The van der Waals surface area contributed by atoms with Gasteiger partial charge in [-0.1, -0.05) is 31.4 Å². The third-order valence-electron chi connectivity index (χ3n) is 5.54. The van der Waals surface area contributed by atoms with Crippen LogP contribution in [0.5, 0.6) is 0 Å². The van der Waals surface area contributed by atoms with Gasteiger partial charge in [0.05, 0.1) is 22.5 Å². The Morgan fingerprint density at radius 1 is 1.26 bits per heavy atom. The quantitative estimate of drug-likeness (QED) is 0.391. The van der Waals surface area contributed by atoms with Gasteiger partial charge in [0.15, 0.2) is 0 Å². The number of thiol groups is 1. The molecule has 0 atom stereocenters. The molecule has 0 saturated carbocycles. The van der Waals surface area contributed by atoms with Gasteiger partial charge in [-0.05, 0) is 36.8 Å². The highest BCUT2D eigenvalue weighted by Crippen LogP contribution is 2.17. The van der Waals surface area contributed by atoms with Gasteiger partial charge in [-0.25, -0.2) is 0 Å². The largest absolute Gasteiger partial charge is 0.366 e. The molecule has 7 nitrogen and oxygen atoms in total. The molecule has 2 aromatic heterocycles. The zero-order chi connectivity index (χ0) is 24.8. The van der Waals surface area contributed by atoms with Gasteiger partial charge in [0.1, 0.15) is 11.6 Å². The molecule has 0 radical (unpaired) electrons. The molecule has 1 saturated heterocycles. The van der Waals surface area contributed by atoms with Gasteiger partial charge in [0, 0.05) is 43.8 Å². The highest BCUT2D eigenvalue weighted by atomic mass is 32.1. The zero-order valence-corrected chi connectivity index (χ0v) is 20.1. The lowest BCUT2D eigenvalue weighted by Crippen LogP contribution is -2.53. The molecule has 0 N–H and O–H groups in total. The Bertz CT molecular complexity index is 1360. The van der Waals surface area contributed by atoms with Crippen molar-refractivity contribution in [1.29, 1.82) is 5.26 Å². The van der Waals surface area contributed by atoms with Crippen molar-refractivity contribution in [3.05, 3.63) is 92.4 Å². The molecule has 1 fully saturated rings. The highest BCUT2D eigenvalue weighted by Gasteiger charge is 2.26. The average molecular weight is 474 g/mol. The lowest BCUT2D eigenvalue weighted by Gasteiger charge is -2.36. The summed E-state index contributed by atoms with van der Waals surface area (Å²) in [5.74, 6) is -0.171. The number of nitrogens with zero attached hydrogens (tertiary/aromatic N) is 5. The van der Waals surface area contributed by atoms with E-state index in [0.717, 1.165) is 11.1 Å². The third-order valence-corrected chi connectivity index (χ3v) is 5.86. The maximum absolute atomic E-state index is 13.4. The maximum atomic E-state index is 13.4. The number of carbonyl (C=O) groups is 1. The van der Waals surface area contributed by atoms with E-state index in [9.17, 15) is 14.9 Å². The fourth-order valence-corrected chi connectivity index (χ4v) is 4.31. The van der Waals surface area contributed by atoms with E-state index in [-0.39, 0.29) is 18.0 Å². The normalized spacial score (nSPS) is 14.6. The van der Waals surface area contributed by atoms with E-state index in [4.69, 9.17) is 0 Å². The van der Waals surface area contributed by atoms with E-state index in [1.807, 2.05) is 17.0 Å². The summed E-state index contributed by atoms with van der Waals surface area (Å²) >= 11 is 4.30. The minimum Gasteiger partial charge on any atom is -0.366 e. The van der Waals surface area contributed by atoms with Gasteiger partial charge in [0.2, 0.25) is 0 Å². The van der Waals surface area contributed by atoms with E-state index < -0.39 is 5.56 Å². The number of hydrogen-bond acceptors (Lipinski definition) is 6. The summed E-state index contributed by atoms with van der Waals surface area (Å²) in [4.78, 5) is 34.1. The second-order valence-electron chi connectivity index (χ2n) is 8.00. The fourth-order valence-electron chi connectivity index (χ4n) is 3.95. The number of pyridine rings is 2. The Kier molecular flexibility index (Phi) is 7.92. The van der Waals surface area contributed by atoms with Crippen LogP contribution < -0.4 is 21.0 Å². The topological polar surface area (TPSA) is 82.2 Å². The molecule has 0 spiro atoms. The summed E-state index contributed by atoms with van der Waals surface area (Å²) in [5.41, 5.74) is 1.77. The molecule has 0 unspecified atom stereocenters. The minimum absolute atomic E-state index is 0.0390. The molecule has 1 aliphatic rings. The predicted molar refractivity (Wildman–Crippen MR) is 139 cm³/mol. The van der Waals surface area contributed by atoms with Gasteiger partial charge >= 0.3 is 0 Å². The van der Waals surface area contributed by atoms with E-state index >= 15 is 0 Å². The average Bonchev–Trinajstić information content (AvgIpc) is 2.83. The predicted octanol–water partition coefficient (Wildman–Crippen LogP) is 1.58. The van der Waals surface area contributed by atoms with Crippen LogP contribution in [0.15, 0.2) is 65.1 Å². The number of hydrogen-bond donors (Lipinski definition) is 1. The van der Waals surface area contributed by atoms with Crippen LogP contribution >= 0.6 is 12.6 Å². The van der Waals surface area contributed by atoms with Crippen LogP contribution in [-0.2, 0) is 11.3 Å². The summed E-state index contributed by atoms with van der Waals surface area (Å²) in [7, 11) is 0. The first-order valence-corrected chi connectivity index (χ1v) is 11.2. The highest BCUT2D eigenvalue weighted by molar-refractivity contribution is 7.85. The molecule has 0 aromatic carbocycles. The Hall–Kier alpha value is -3.83. The van der Waals surface area contributed by atoms with Crippen molar-refractivity contribution < 1.29 is 4.79 Å². The minimum atomic E-state index is -0.393. The fraction of sp³-hybridized carbons (Fsp3) is 0.231. The first-order valence-electron chi connectivity index (χ1n) is 10.8. The Morgan fingerprint density at radius 3 is 2.47 bits per heavy atom. The van der Waals surface area contributed by atoms with Crippen LogP contribution in [0.4, 0.5) is 5.69 Å². The molecule has 0 aliphatic carbocycles. The summed E-state index contributed by atoms with van der Waals surface area (Å²) in [6.45, 7) is 15.6. The van der Waals surface area contributed by atoms with Crippen molar-refractivity contribution in [2.45, 2.75) is 13.5 Å². The van der Waals surface area contributed by atoms with E-state index in [2.05, 4.69) is 43.4 Å². The van der Waals surface area contributed by atoms with Gasteiger partial charge in [0.25, 0.3) is 11.5 Å². The first kappa shape index (κ1) is 24.8. The molecule has 174 valence electrons. The summed E-state index contributed by atoms with van der Waals surface area (Å²) in [6.07, 6.45) is 8.28. The van der Waals surface area contributed by atoms with E-state index in [1.54, 1.807) is 42.4 Å². The Morgan fingerprint density at radius 2 is 1.91 bits per heavy atom. The number of carbonyl (C=O) groups excluding carboxylic acids is 1. The Labute approximate surface area is 204 Å². The summed E-state index contributed by atoms with van der Waals surface area (Å²) < 4.78 is 1.54. The van der Waals surface area contributed by atoms with Gasteiger partial charge in [-0.2, -0.15) is 5.26 Å². The molecule has 3 heterocycles. The number of aromatic nitrogens is 2. The van der Waals surface area contributed by atoms with Crippen LogP contribution in [0.25, 0.3) is 12.7 Å².